The largest absolute Gasteiger partial charge is 0.495 e. The molecule has 1 saturated heterocycles. The molecule has 0 bridgehead atoms. The Hall–Kier alpha value is -2.23. The number of aryl methyl sites for hydroxylation is 1. The smallest absolute Gasteiger partial charge is 0.246 e. The molecule has 136 valence electrons. The number of nitrogens with zero attached hydrogens (tertiary/aromatic N) is 3. The molecule has 0 aliphatic carbocycles. The number of aromatic nitrogens is 2. The van der Waals surface area contributed by atoms with Crippen molar-refractivity contribution in [1.82, 2.24) is 14.4 Å². The topological polar surface area (TPSA) is 85.5 Å². The Kier molecular flexibility index (Phi) is 4.29. The van der Waals surface area contributed by atoms with Gasteiger partial charge in [-0.1, -0.05) is 11.2 Å². The summed E-state index contributed by atoms with van der Waals surface area (Å²) >= 11 is 1.56. The van der Waals surface area contributed by atoms with Crippen molar-refractivity contribution in [3.8, 4) is 17.1 Å². The van der Waals surface area contributed by atoms with Gasteiger partial charge in [0.1, 0.15) is 10.6 Å². The normalized spacial score (nSPS) is 15.8. The Balaban J connectivity index is 1.52. The molecule has 0 N–H and O–H groups in total. The fourth-order valence-corrected chi connectivity index (χ4v) is 5.23. The number of hydrogen-bond acceptors (Lipinski definition) is 7. The number of thiophene rings is 1. The summed E-state index contributed by atoms with van der Waals surface area (Å²) in [6.45, 7) is 2.47. The minimum absolute atomic E-state index is 0.0968. The van der Waals surface area contributed by atoms with Crippen LogP contribution in [-0.2, 0) is 10.0 Å². The second kappa shape index (κ2) is 6.49. The molecule has 1 aliphatic heterocycles. The maximum absolute atomic E-state index is 12.9. The van der Waals surface area contributed by atoms with E-state index < -0.39 is 10.0 Å². The third kappa shape index (κ3) is 2.91. The molecule has 1 aliphatic rings. The summed E-state index contributed by atoms with van der Waals surface area (Å²) in [5.41, 5.74) is 1.76. The fourth-order valence-electron chi connectivity index (χ4n) is 2.83. The Labute approximate surface area is 155 Å². The molecule has 0 atom stereocenters. The molecule has 0 radical (unpaired) electrons. The lowest BCUT2D eigenvalue weighted by atomic mass is 10.0. The highest BCUT2D eigenvalue weighted by molar-refractivity contribution is 7.89. The monoisotopic (exact) mass is 391 g/mol. The zero-order valence-corrected chi connectivity index (χ0v) is 15.9. The molecule has 9 heteroatoms. The van der Waals surface area contributed by atoms with Crippen LogP contribution in [0, 0.1) is 6.92 Å². The molecule has 0 unspecified atom stereocenters. The molecule has 0 amide bonds. The van der Waals surface area contributed by atoms with Gasteiger partial charge < -0.3 is 9.26 Å². The summed E-state index contributed by atoms with van der Waals surface area (Å²) in [4.78, 5) is 4.58. The first kappa shape index (κ1) is 17.2. The van der Waals surface area contributed by atoms with Gasteiger partial charge in [0.15, 0.2) is 0 Å². The van der Waals surface area contributed by atoms with Crippen molar-refractivity contribution in [2.75, 3.05) is 20.2 Å². The molecule has 26 heavy (non-hydrogen) atoms. The first-order valence-corrected chi connectivity index (χ1v) is 10.4. The number of ether oxygens (including phenoxy) is 1. The van der Waals surface area contributed by atoms with E-state index in [0.717, 1.165) is 11.1 Å². The molecule has 1 fully saturated rings. The van der Waals surface area contributed by atoms with Gasteiger partial charge in [0, 0.05) is 24.0 Å². The first-order valence-electron chi connectivity index (χ1n) is 8.00. The summed E-state index contributed by atoms with van der Waals surface area (Å²) in [5, 5.41) is 7.86. The molecule has 1 aromatic carbocycles. The fraction of sp³-hybridized carbons (Fsp3) is 0.294. The second-order valence-electron chi connectivity index (χ2n) is 6.14. The van der Waals surface area contributed by atoms with Crippen molar-refractivity contribution in [1.29, 1.82) is 0 Å². The predicted molar refractivity (Wildman–Crippen MR) is 96.8 cm³/mol. The molecule has 3 aromatic rings. The van der Waals surface area contributed by atoms with Gasteiger partial charge in [-0.05, 0) is 36.1 Å². The third-order valence-electron chi connectivity index (χ3n) is 4.36. The van der Waals surface area contributed by atoms with Crippen molar-refractivity contribution in [3.05, 3.63) is 46.5 Å². The quantitative estimate of drug-likeness (QED) is 0.665. The van der Waals surface area contributed by atoms with Gasteiger partial charge in [0.2, 0.25) is 21.7 Å². The molecule has 0 spiro atoms. The average molecular weight is 391 g/mol. The zero-order valence-electron chi connectivity index (χ0n) is 14.2. The highest BCUT2D eigenvalue weighted by Gasteiger charge is 2.41. The van der Waals surface area contributed by atoms with Crippen LogP contribution in [0.15, 0.2) is 44.4 Å². The van der Waals surface area contributed by atoms with Gasteiger partial charge in [0.05, 0.1) is 13.0 Å². The summed E-state index contributed by atoms with van der Waals surface area (Å²) in [6.07, 6.45) is 0. The highest BCUT2D eigenvalue weighted by atomic mass is 32.2. The van der Waals surface area contributed by atoms with Crippen LogP contribution < -0.4 is 4.74 Å². The summed E-state index contributed by atoms with van der Waals surface area (Å²) in [5.74, 6) is 1.24. The lowest BCUT2D eigenvalue weighted by Crippen LogP contribution is -2.48. The summed E-state index contributed by atoms with van der Waals surface area (Å²) < 4.78 is 37.7. The maximum atomic E-state index is 12.9. The van der Waals surface area contributed by atoms with Crippen molar-refractivity contribution in [2.24, 2.45) is 0 Å². The third-order valence-corrected chi connectivity index (χ3v) is 6.89. The van der Waals surface area contributed by atoms with E-state index in [9.17, 15) is 8.42 Å². The minimum atomic E-state index is -3.62. The molecule has 4 rings (SSSR count). The lowest BCUT2D eigenvalue weighted by Gasteiger charge is -2.36. The van der Waals surface area contributed by atoms with Crippen LogP contribution in [-0.4, -0.2) is 43.1 Å². The minimum Gasteiger partial charge on any atom is -0.495 e. The second-order valence-corrected chi connectivity index (χ2v) is 8.83. The van der Waals surface area contributed by atoms with E-state index in [4.69, 9.17) is 9.26 Å². The van der Waals surface area contributed by atoms with E-state index in [1.54, 1.807) is 23.5 Å². The van der Waals surface area contributed by atoms with E-state index in [0.29, 0.717) is 30.6 Å². The lowest BCUT2D eigenvalue weighted by molar-refractivity contribution is 0.216. The zero-order chi connectivity index (χ0) is 18.3. The van der Waals surface area contributed by atoms with Gasteiger partial charge in [-0.3, -0.25) is 0 Å². The Morgan fingerprint density at radius 2 is 2.12 bits per heavy atom. The van der Waals surface area contributed by atoms with E-state index >= 15 is 0 Å². The number of hydrogen-bond donors (Lipinski definition) is 0. The van der Waals surface area contributed by atoms with Gasteiger partial charge in [-0.2, -0.15) is 20.6 Å². The van der Waals surface area contributed by atoms with Crippen molar-refractivity contribution in [2.45, 2.75) is 17.7 Å². The van der Waals surface area contributed by atoms with Crippen LogP contribution in [0.25, 0.3) is 11.4 Å². The number of rotatable bonds is 5. The van der Waals surface area contributed by atoms with Gasteiger partial charge in [-0.15, -0.1) is 0 Å². The van der Waals surface area contributed by atoms with Crippen molar-refractivity contribution >= 4 is 21.4 Å². The average Bonchev–Trinajstić information content (AvgIpc) is 3.24. The van der Waals surface area contributed by atoms with E-state index in [1.807, 2.05) is 29.8 Å². The Morgan fingerprint density at radius 1 is 1.31 bits per heavy atom. The summed E-state index contributed by atoms with van der Waals surface area (Å²) in [7, 11) is -2.16. The highest BCUT2D eigenvalue weighted by Crippen LogP contribution is 2.35. The summed E-state index contributed by atoms with van der Waals surface area (Å²) in [6, 6.07) is 7.04. The number of benzene rings is 1. The van der Waals surface area contributed by atoms with E-state index in [-0.39, 0.29) is 10.8 Å². The van der Waals surface area contributed by atoms with Crippen molar-refractivity contribution in [3.63, 3.8) is 0 Å². The van der Waals surface area contributed by atoms with Gasteiger partial charge >= 0.3 is 0 Å². The number of sulfonamides is 1. The van der Waals surface area contributed by atoms with Crippen LogP contribution in [0.3, 0.4) is 0 Å². The van der Waals surface area contributed by atoms with Gasteiger partial charge in [0.25, 0.3) is 0 Å². The van der Waals surface area contributed by atoms with Crippen LogP contribution in [0.5, 0.6) is 5.75 Å². The molecule has 2 aromatic heterocycles. The van der Waals surface area contributed by atoms with Crippen LogP contribution in [0.1, 0.15) is 17.4 Å². The molecule has 0 saturated carbocycles. The molecule has 3 heterocycles. The standard InChI is InChI=1S/C17H17N3O4S2/c1-11-3-4-14(23-2)15(7-11)26(21,22)20-8-13(9-20)17-18-16(19-24-17)12-5-6-25-10-12/h3-7,10,13H,8-9H2,1-2H3. The molecule has 7 nitrogen and oxygen atoms in total. The van der Waals surface area contributed by atoms with E-state index in [2.05, 4.69) is 10.1 Å². The molecular weight excluding hydrogens is 374 g/mol. The Morgan fingerprint density at radius 3 is 2.81 bits per heavy atom. The van der Waals surface area contributed by atoms with Crippen molar-refractivity contribution < 1.29 is 17.7 Å². The van der Waals surface area contributed by atoms with Crippen LogP contribution in [0.2, 0.25) is 0 Å². The SMILES string of the molecule is COc1ccc(C)cc1S(=O)(=O)N1CC(c2nc(-c3ccsc3)no2)C1. The number of methoxy groups -OCH3 is 1. The Bertz CT molecular complexity index is 1020. The van der Waals surface area contributed by atoms with Gasteiger partial charge in [-0.25, -0.2) is 8.42 Å². The maximum Gasteiger partial charge on any atom is 0.246 e. The first-order chi connectivity index (χ1) is 12.5. The van der Waals surface area contributed by atoms with Crippen LogP contribution >= 0.6 is 11.3 Å². The van der Waals surface area contributed by atoms with E-state index in [1.165, 1.54) is 11.4 Å². The molecular formula is C17H17N3O4S2. The van der Waals surface area contributed by atoms with Crippen LogP contribution in [0.4, 0.5) is 0 Å². The predicted octanol–water partition coefficient (Wildman–Crippen LogP) is 2.90.